The van der Waals surface area contributed by atoms with Crippen LogP contribution in [0.2, 0.25) is 0 Å². The van der Waals surface area contributed by atoms with Gasteiger partial charge in [0.2, 0.25) is 0 Å². The van der Waals surface area contributed by atoms with Crippen LogP contribution < -0.4 is 5.73 Å². The number of nitriles is 1. The van der Waals surface area contributed by atoms with Gasteiger partial charge in [-0.3, -0.25) is 0 Å². The highest BCUT2D eigenvalue weighted by atomic mass is 32.1. The van der Waals surface area contributed by atoms with Gasteiger partial charge in [-0.2, -0.15) is 5.26 Å². The summed E-state index contributed by atoms with van der Waals surface area (Å²) >= 11 is 1.27. The van der Waals surface area contributed by atoms with Crippen LogP contribution in [0.5, 0.6) is 0 Å². The number of carboxylic acid groups (broad SMARTS) is 1. The number of nitrogens with zero attached hydrogens (tertiary/aromatic N) is 3. The number of carbonyl (C=O) groups is 1. The predicted octanol–water partition coefficient (Wildman–Crippen LogP) is 2.97. The Morgan fingerprint density at radius 1 is 1.46 bits per heavy atom. The van der Waals surface area contributed by atoms with E-state index in [2.05, 4.69) is 20.4 Å². The maximum atomic E-state index is 11.4. The van der Waals surface area contributed by atoms with E-state index in [0.29, 0.717) is 28.2 Å². The number of H-pyrrole nitrogens is 1. The minimum Gasteiger partial charge on any atom is -0.478 e. The highest BCUT2D eigenvalue weighted by Gasteiger charge is 2.21. The topological polar surface area (TPSA) is 129 Å². The Balaban J connectivity index is 2.26. The molecule has 7 nitrogen and oxygen atoms in total. The molecule has 4 N–H and O–H groups in total. The molecule has 0 atom stereocenters. The zero-order valence-electron chi connectivity index (χ0n) is 12.9. The number of aryl methyl sites for hydroxylation is 1. The second-order valence-corrected chi connectivity index (χ2v) is 5.93. The molecular formula is C16H13N5O2S. The molecule has 3 aromatic rings. The van der Waals surface area contributed by atoms with Gasteiger partial charge >= 0.3 is 5.97 Å². The summed E-state index contributed by atoms with van der Waals surface area (Å²) in [4.78, 5) is 18.7. The Labute approximate surface area is 141 Å². The third-order valence-corrected chi connectivity index (χ3v) is 4.40. The third-order valence-electron chi connectivity index (χ3n) is 3.81. The summed E-state index contributed by atoms with van der Waals surface area (Å²) in [5.74, 6) is -0.906. The summed E-state index contributed by atoms with van der Waals surface area (Å²) in [6, 6.07) is 3.79. The average Bonchev–Trinajstić information content (AvgIpc) is 3.14. The molecule has 0 amide bonds. The van der Waals surface area contributed by atoms with E-state index < -0.39 is 5.97 Å². The van der Waals surface area contributed by atoms with Crippen molar-refractivity contribution in [1.82, 2.24) is 14.3 Å². The normalized spacial score (nSPS) is 10.5. The summed E-state index contributed by atoms with van der Waals surface area (Å²) in [6.07, 6.45) is 1.65. The molecule has 0 spiro atoms. The summed E-state index contributed by atoms with van der Waals surface area (Å²) < 4.78 is 4.05. The fraction of sp³-hybridized carbons (Fsp3) is 0.125. The van der Waals surface area contributed by atoms with Crippen molar-refractivity contribution in [3.63, 3.8) is 0 Å². The number of nitrogen functional groups attached to an aromatic ring is 1. The van der Waals surface area contributed by atoms with Gasteiger partial charge in [-0.25, -0.2) is 14.2 Å². The molecule has 0 radical (unpaired) electrons. The second kappa shape index (κ2) is 5.79. The Hall–Kier alpha value is -3.18. The minimum atomic E-state index is -1.00. The molecule has 120 valence electrons. The molecule has 8 heteroatoms. The largest absolute Gasteiger partial charge is 0.478 e. The number of aromatic carboxylic acids is 1. The van der Waals surface area contributed by atoms with Crippen molar-refractivity contribution < 1.29 is 9.90 Å². The molecule has 3 heterocycles. The maximum Gasteiger partial charge on any atom is 0.337 e. The van der Waals surface area contributed by atoms with Gasteiger partial charge in [0.25, 0.3) is 0 Å². The van der Waals surface area contributed by atoms with Gasteiger partial charge in [-0.05, 0) is 37.0 Å². The van der Waals surface area contributed by atoms with Crippen molar-refractivity contribution in [3.05, 3.63) is 40.0 Å². The van der Waals surface area contributed by atoms with Gasteiger partial charge in [-0.1, -0.05) is 0 Å². The standard InChI is InChI=1S/C16H13N5O2S/c1-7-13(16(22)23)8(2)20-14(7)12-3-10(9-5-19-24-6-9)11(4-17)15(18)21-12/h3,5-6,20H,1-2H3,(H2,18,21)(H,22,23). The van der Waals surface area contributed by atoms with Crippen LogP contribution in [0.25, 0.3) is 22.5 Å². The predicted molar refractivity (Wildman–Crippen MR) is 90.7 cm³/mol. The van der Waals surface area contributed by atoms with Crippen LogP contribution >= 0.6 is 11.5 Å². The van der Waals surface area contributed by atoms with Gasteiger partial charge in [0, 0.05) is 28.4 Å². The van der Waals surface area contributed by atoms with Gasteiger partial charge in [0.15, 0.2) is 0 Å². The smallest absolute Gasteiger partial charge is 0.337 e. The molecular weight excluding hydrogens is 326 g/mol. The van der Waals surface area contributed by atoms with E-state index in [0.717, 1.165) is 5.56 Å². The Morgan fingerprint density at radius 2 is 2.21 bits per heavy atom. The zero-order chi connectivity index (χ0) is 17.4. The van der Waals surface area contributed by atoms with Crippen molar-refractivity contribution in [2.45, 2.75) is 13.8 Å². The number of nitrogens with one attached hydrogen (secondary N) is 1. The van der Waals surface area contributed by atoms with E-state index in [1.165, 1.54) is 11.5 Å². The molecule has 0 aliphatic rings. The van der Waals surface area contributed by atoms with Crippen molar-refractivity contribution in [1.29, 1.82) is 5.26 Å². The number of nitrogens with two attached hydrogens (primary N) is 1. The van der Waals surface area contributed by atoms with Crippen molar-refractivity contribution in [2.75, 3.05) is 5.73 Å². The third kappa shape index (κ3) is 2.41. The van der Waals surface area contributed by atoms with E-state index in [9.17, 15) is 15.2 Å². The number of aromatic nitrogens is 3. The molecule has 0 bridgehead atoms. The van der Waals surface area contributed by atoms with Gasteiger partial charge in [0.1, 0.15) is 17.5 Å². The number of hydrogen-bond acceptors (Lipinski definition) is 6. The highest BCUT2D eigenvalue weighted by molar-refractivity contribution is 7.03. The fourth-order valence-corrected chi connectivity index (χ4v) is 3.24. The number of pyridine rings is 1. The number of rotatable bonds is 3. The molecule has 0 aromatic carbocycles. The summed E-state index contributed by atoms with van der Waals surface area (Å²) in [7, 11) is 0. The zero-order valence-corrected chi connectivity index (χ0v) is 13.7. The fourth-order valence-electron chi connectivity index (χ4n) is 2.70. The van der Waals surface area contributed by atoms with Gasteiger partial charge in [-0.15, -0.1) is 0 Å². The van der Waals surface area contributed by atoms with E-state index in [1.54, 1.807) is 26.1 Å². The van der Waals surface area contributed by atoms with E-state index >= 15 is 0 Å². The number of aromatic amines is 1. The molecule has 0 aliphatic carbocycles. The molecule has 3 rings (SSSR count). The van der Waals surface area contributed by atoms with Crippen LogP contribution in [0.1, 0.15) is 27.2 Å². The number of anilines is 1. The molecule has 0 unspecified atom stereocenters. The van der Waals surface area contributed by atoms with Crippen molar-refractivity contribution in [3.8, 4) is 28.6 Å². The minimum absolute atomic E-state index is 0.0970. The summed E-state index contributed by atoms with van der Waals surface area (Å²) in [5.41, 5.74) is 10.0. The molecule has 0 aliphatic heterocycles. The van der Waals surface area contributed by atoms with Crippen molar-refractivity contribution >= 4 is 23.3 Å². The Bertz CT molecular complexity index is 983. The SMILES string of the molecule is Cc1[nH]c(-c2cc(-c3cnsc3)c(C#N)c(N)n2)c(C)c1C(=O)O. The first-order valence-electron chi connectivity index (χ1n) is 6.97. The lowest BCUT2D eigenvalue weighted by atomic mass is 10.0. The second-order valence-electron chi connectivity index (χ2n) is 5.27. The lowest BCUT2D eigenvalue weighted by molar-refractivity contribution is 0.0695. The molecule has 24 heavy (non-hydrogen) atoms. The Morgan fingerprint density at radius 3 is 2.75 bits per heavy atom. The van der Waals surface area contributed by atoms with Crippen LogP contribution in [-0.2, 0) is 0 Å². The lowest BCUT2D eigenvalue weighted by Crippen LogP contribution is -2.01. The van der Waals surface area contributed by atoms with Crippen LogP contribution in [0, 0.1) is 25.2 Å². The van der Waals surface area contributed by atoms with Crippen LogP contribution in [0.3, 0.4) is 0 Å². The van der Waals surface area contributed by atoms with E-state index in [1.807, 2.05) is 5.38 Å². The molecule has 3 aromatic heterocycles. The lowest BCUT2D eigenvalue weighted by Gasteiger charge is -2.08. The van der Waals surface area contributed by atoms with E-state index in [-0.39, 0.29) is 16.9 Å². The Kier molecular flexibility index (Phi) is 3.79. The molecule has 0 saturated heterocycles. The monoisotopic (exact) mass is 339 g/mol. The molecule has 0 saturated carbocycles. The number of hydrogen-bond donors (Lipinski definition) is 3. The first-order chi connectivity index (χ1) is 11.4. The summed E-state index contributed by atoms with van der Waals surface area (Å²) in [5, 5.41) is 20.5. The average molecular weight is 339 g/mol. The van der Waals surface area contributed by atoms with Crippen LogP contribution in [0.4, 0.5) is 5.82 Å². The van der Waals surface area contributed by atoms with Crippen LogP contribution in [0.15, 0.2) is 17.6 Å². The highest BCUT2D eigenvalue weighted by Crippen LogP contribution is 2.33. The quantitative estimate of drug-likeness (QED) is 0.673. The number of carboxylic acids is 1. The summed E-state index contributed by atoms with van der Waals surface area (Å²) in [6.45, 7) is 3.40. The van der Waals surface area contributed by atoms with Crippen LogP contribution in [-0.4, -0.2) is 25.4 Å². The first-order valence-corrected chi connectivity index (χ1v) is 7.80. The molecule has 0 fully saturated rings. The van der Waals surface area contributed by atoms with E-state index in [4.69, 9.17) is 5.73 Å². The van der Waals surface area contributed by atoms with Gasteiger partial charge in [0.05, 0.1) is 17.0 Å². The van der Waals surface area contributed by atoms with Crippen molar-refractivity contribution in [2.24, 2.45) is 0 Å². The first kappa shape index (κ1) is 15.7. The van der Waals surface area contributed by atoms with Gasteiger partial charge < -0.3 is 15.8 Å². The maximum absolute atomic E-state index is 11.4.